The van der Waals surface area contributed by atoms with E-state index in [9.17, 15) is 14.9 Å². The number of alkyl carbamates (subject to hydrolysis) is 1. The Balaban J connectivity index is 2.26. The van der Waals surface area contributed by atoms with Crippen LogP contribution < -0.4 is 10.1 Å². The van der Waals surface area contributed by atoms with E-state index >= 15 is 0 Å². The molecular formula is C20H23ClN2O5. The maximum Gasteiger partial charge on any atom is 0.408 e. The highest BCUT2D eigenvalue weighted by molar-refractivity contribution is 6.30. The molecule has 2 aromatic carbocycles. The molecule has 150 valence electrons. The molecule has 0 aliphatic carbocycles. The van der Waals surface area contributed by atoms with E-state index in [2.05, 4.69) is 5.32 Å². The Kier molecular flexibility index (Phi) is 6.19. The molecular weight excluding hydrogens is 384 g/mol. The lowest BCUT2D eigenvalue weighted by molar-refractivity contribution is -0.385. The van der Waals surface area contributed by atoms with Crippen LogP contribution in [0, 0.1) is 10.1 Å². The van der Waals surface area contributed by atoms with Crippen LogP contribution >= 0.6 is 11.6 Å². The van der Waals surface area contributed by atoms with Crippen LogP contribution in [0.5, 0.6) is 11.5 Å². The lowest BCUT2D eigenvalue weighted by Gasteiger charge is -2.29. The van der Waals surface area contributed by atoms with Crippen LogP contribution in [0.15, 0.2) is 42.5 Å². The van der Waals surface area contributed by atoms with Crippen molar-refractivity contribution < 1.29 is 19.2 Å². The predicted molar refractivity (Wildman–Crippen MR) is 107 cm³/mol. The minimum Gasteiger partial charge on any atom is -0.450 e. The molecule has 0 atom stereocenters. The number of carbonyl (C=O) groups excluding carboxylic acids is 1. The Morgan fingerprint density at radius 3 is 2.39 bits per heavy atom. The molecule has 28 heavy (non-hydrogen) atoms. The molecule has 0 aromatic heterocycles. The fraction of sp³-hybridized carbons (Fsp3) is 0.350. The number of nitro benzene ring substituents is 1. The third kappa shape index (κ3) is 5.85. The van der Waals surface area contributed by atoms with E-state index in [1.165, 1.54) is 18.2 Å². The average molecular weight is 407 g/mol. The number of nitro groups is 1. The first-order valence-corrected chi connectivity index (χ1v) is 8.99. The monoisotopic (exact) mass is 406 g/mol. The van der Waals surface area contributed by atoms with Gasteiger partial charge in [0, 0.05) is 17.2 Å². The molecule has 0 bridgehead atoms. The third-order valence-corrected chi connectivity index (χ3v) is 3.95. The van der Waals surface area contributed by atoms with Crippen LogP contribution in [0.25, 0.3) is 0 Å². The normalized spacial score (nSPS) is 11.6. The van der Waals surface area contributed by atoms with Crippen molar-refractivity contribution in [2.75, 3.05) is 0 Å². The number of hydrogen-bond donors (Lipinski definition) is 1. The molecule has 0 spiro atoms. The van der Waals surface area contributed by atoms with Crippen molar-refractivity contribution in [3.8, 4) is 11.5 Å². The van der Waals surface area contributed by atoms with Crippen molar-refractivity contribution in [3.05, 3.63) is 63.2 Å². The van der Waals surface area contributed by atoms with E-state index in [4.69, 9.17) is 21.1 Å². The average Bonchev–Trinajstić information content (AvgIpc) is 2.52. The zero-order valence-electron chi connectivity index (χ0n) is 16.4. The third-order valence-electron chi connectivity index (χ3n) is 3.72. The standard InChI is InChI=1S/C20H23ClN2O5/c1-19(2,3)28-18(24)22-20(4,5)13-7-6-8-15(11-13)27-17-12-14(21)9-10-16(17)23(25)26/h6-12H,1-5H3,(H,22,24). The van der Waals surface area contributed by atoms with Gasteiger partial charge < -0.3 is 14.8 Å². The van der Waals surface area contributed by atoms with E-state index < -0.39 is 22.2 Å². The SMILES string of the molecule is CC(C)(C)OC(=O)NC(C)(C)c1cccc(Oc2cc(Cl)ccc2[N+](=O)[O-])c1. The molecule has 0 unspecified atom stereocenters. The summed E-state index contributed by atoms with van der Waals surface area (Å²) < 4.78 is 11.0. The number of nitrogens with one attached hydrogen (secondary N) is 1. The van der Waals surface area contributed by atoms with Crippen molar-refractivity contribution in [3.63, 3.8) is 0 Å². The van der Waals surface area contributed by atoms with Gasteiger partial charge in [-0.3, -0.25) is 10.1 Å². The Morgan fingerprint density at radius 1 is 1.11 bits per heavy atom. The van der Waals surface area contributed by atoms with Crippen molar-refractivity contribution >= 4 is 23.4 Å². The number of amides is 1. The second kappa shape index (κ2) is 8.06. The van der Waals surface area contributed by atoms with Gasteiger partial charge in [0.25, 0.3) is 0 Å². The van der Waals surface area contributed by atoms with E-state index in [1.54, 1.807) is 39.0 Å². The first kappa shape index (κ1) is 21.5. The highest BCUT2D eigenvalue weighted by atomic mass is 35.5. The van der Waals surface area contributed by atoms with E-state index in [1.807, 2.05) is 19.9 Å². The van der Waals surface area contributed by atoms with Crippen LogP contribution in [0.3, 0.4) is 0 Å². The van der Waals surface area contributed by atoms with Crippen LogP contribution in [-0.4, -0.2) is 16.6 Å². The van der Waals surface area contributed by atoms with Gasteiger partial charge in [0.2, 0.25) is 5.75 Å². The summed E-state index contributed by atoms with van der Waals surface area (Å²) in [7, 11) is 0. The van der Waals surface area contributed by atoms with E-state index in [0.717, 1.165) is 5.56 Å². The summed E-state index contributed by atoms with van der Waals surface area (Å²) >= 11 is 5.94. The molecule has 0 saturated heterocycles. The fourth-order valence-corrected chi connectivity index (χ4v) is 2.59. The minimum atomic E-state index is -0.762. The number of ether oxygens (including phenoxy) is 2. The van der Waals surface area contributed by atoms with Crippen molar-refractivity contribution in [2.24, 2.45) is 0 Å². The summed E-state index contributed by atoms with van der Waals surface area (Å²) in [4.78, 5) is 22.8. The first-order chi connectivity index (χ1) is 12.9. The molecule has 0 saturated carbocycles. The van der Waals surface area contributed by atoms with Crippen molar-refractivity contribution in [1.82, 2.24) is 5.32 Å². The van der Waals surface area contributed by atoms with Gasteiger partial charge in [-0.15, -0.1) is 0 Å². The zero-order valence-corrected chi connectivity index (χ0v) is 17.2. The molecule has 0 radical (unpaired) electrons. The second-order valence-corrected chi connectivity index (χ2v) is 8.19. The van der Waals surface area contributed by atoms with Gasteiger partial charge in [0.15, 0.2) is 0 Å². The molecule has 0 heterocycles. The quantitative estimate of drug-likeness (QED) is 0.500. The Labute approximate surface area is 168 Å². The van der Waals surface area contributed by atoms with Crippen LogP contribution in [0.1, 0.15) is 40.2 Å². The molecule has 7 nitrogen and oxygen atoms in total. The van der Waals surface area contributed by atoms with Crippen molar-refractivity contribution in [1.29, 1.82) is 0 Å². The Bertz CT molecular complexity index is 890. The van der Waals surface area contributed by atoms with Crippen LogP contribution in [0.2, 0.25) is 5.02 Å². The lowest BCUT2D eigenvalue weighted by atomic mass is 9.94. The number of carbonyl (C=O) groups is 1. The molecule has 8 heteroatoms. The molecule has 1 N–H and O–H groups in total. The molecule has 1 amide bonds. The second-order valence-electron chi connectivity index (χ2n) is 7.75. The maximum atomic E-state index is 12.1. The zero-order chi connectivity index (χ0) is 21.1. The molecule has 0 fully saturated rings. The molecule has 2 rings (SSSR count). The largest absolute Gasteiger partial charge is 0.450 e. The van der Waals surface area contributed by atoms with Gasteiger partial charge in [-0.25, -0.2) is 4.79 Å². The topological polar surface area (TPSA) is 90.7 Å². The number of benzene rings is 2. The summed E-state index contributed by atoms with van der Waals surface area (Å²) in [5.41, 5.74) is -0.833. The first-order valence-electron chi connectivity index (χ1n) is 8.61. The number of rotatable bonds is 5. The van der Waals surface area contributed by atoms with Crippen LogP contribution in [0.4, 0.5) is 10.5 Å². The lowest BCUT2D eigenvalue weighted by Crippen LogP contribution is -2.43. The summed E-state index contributed by atoms with van der Waals surface area (Å²) in [5.74, 6) is 0.412. The van der Waals surface area contributed by atoms with Crippen LogP contribution in [-0.2, 0) is 10.3 Å². The van der Waals surface area contributed by atoms with Gasteiger partial charge in [0.1, 0.15) is 11.4 Å². The summed E-state index contributed by atoms with van der Waals surface area (Å²) in [6.07, 6.45) is -0.547. The predicted octanol–water partition coefficient (Wildman–Crippen LogP) is 5.80. The maximum absolute atomic E-state index is 12.1. The van der Waals surface area contributed by atoms with Gasteiger partial charge in [0.05, 0.1) is 10.5 Å². The fourth-order valence-electron chi connectivity index (χ4n) is 2.43. The minimum absolute atomic E-state index is 0.0348. The van der Waals surface area contributed by atoms with Gasteiger partial charge in [-0.05, 0) is 58.4 Å². The summed E-state index contributed by atoms with van der Waals surface area (Å²) in [6, 6.07) is 11.0. The number of nitrogens with zero attached hydrogens (tertiary/aromatic N) is 1. The summed E-state index contributed by atoms with van der Waals surface area (Å²) in [6.45, 7) is 8.99. The van der Waals surface area contributed by atoms with E-state index in [-0.39, 0.29) is 11.4 Å². The molecule has 2 aromatic rings. The van der Waals surface area contributed by atoms with Gasteiger partial charge in [-0.1, -0.05) is 23.7 Å². The molecule has 0 aliphatic heterocycles. The highest BCUT2D eigenvalue weighted by Crippen LogP contribution is 2.35. The Hall–Kier alpha value is -2.80. The van der Waals surface area contributed by atoms with Gasteiger partial charge >= 0.3 is 11.8 Å². The van der Waals surface area contributed by atoms with Crippen molar-refractivity contribution in [2.45, 2.75) is 45.8 Å². The van der Waals surface area contributed by atoms with Gasteiger partial charge in [-0.2, -0.15) is 0 Å². The molecule has 0 aliphatic rings. The summed E-state index contributed by atoms with van der Waals surface area (Å²) in [5, 5.41) is 14.3. The highest BCUT2D eigenvalue weighted by Gasteiger charge is 2.27. The van der Waals surface area contributed by atoms with E-state index in [0.29, 0.717) is 10.8 Å². The number of halogens is 1. The Morgan fingerprint density at radius 2 is 1.79 bits per heavy atom. The smallest absolute Gasteiger partial charge is 0.408 e. The number of hydrogen-bond acceptors (Lipinski definition) is 5.